The van der Waals surface area contributed by atoms with Crippen LogP contribution in [0.25, 0.3) is 0 Å². The maximum absolute atomic E-state index is 9.08. The molecule has 0 spiro atoms. The van der Waals surface area contributed by atoms with Crippen molar-refractivity contribution in [3.8, 4) is 18.2 Å². The Hall–Kier alpha value is -1.53. The number of rotatable bonds is 5. The molecule has 1 aliphatic carbocycles. The fraction of sp³-hybridized carbons (Fsp3) is 0.800. The molecule has 3 heteroatoms. The second-order valence-corrected chi connectivity index (χ2v) is 5.41. The summed E-state index contributed by atoms with van der Waals surface area (Å²) in [6, 6.07) is 6.79. The number of hydrogen-bond donors (Lipinski definition) is 0. The van der Waals surface area contributed by atoms with Gasteiger partial charge in [0.15, 0.2) is 0 Å². The van der Waals surface area contributed by atoms with Gasteiger partial charge in [-0.05, 0) is 50.4 Å². The van der Waals surface area contributed by atoms with Gasteiger partial charge in [0.25, 0.3) is 0 Å². The molecule has 0 aliphatic heterocycles. The largest absolute Gasteiger partial charge is 0.198 e. The first-order valence-corrected chi connectivity index (χ1v) is 6.86. The molecule has 0 radical (unpaired) electrons. The predicted molar refractivity (Wildman–Crippen MR) is 68.8 cm³/mol. The fourth-order valence-corrected chi connectivity index (χ4v) is 3.25. The molecule has 0 aromatic carbocycles. The van der Waals surface area contributed by atoms with E-state index in [0.717, 1.165) is 32.1 Å². The fourth-order valence-electron chi connectivity index (χ4n) is 3.25. The lowest BCUT2D eigenvalue weighted by Crippen LogP contribution is -2.29. The van der Waals surface area contributed by atoms with Crippen molar-refractivity contribution in [3.05, 3.63) is 0 Å². The lowest BCUT2D eigenvalue weighted by Gasteiger charge is -2.37. The molecule has 4 atom stereocenters. The van der Waals surface area contributed by atoms with Crippen molar-refractivity contribution in [2.45, 2.75) is 51.9 Å². The van der Waals surface area contributed by atoms with Crippen LogP contribution < -0.4 is 0 Å². The van der Waals surface area contributed by atoms with Crippen molar-refractivity contribution in [1.29, 1.82) is 15.8 Å². The van der Waals surface area contributed by atoms with Gasteiger partial charge in [0.2, 0.25) is 0 Å². The first-order valence-electron chi connectivity index (χ1n) is 6.86. The van der Waals surface area contributed by atoms with Gasteiger partial charge in [-0.15, -0.1) is 0 Å². The molecule has 3 nitrogen and oxygen atoms in total. The minimum absolute atomic E-state index is 0.0885. The van der Waals surface area contributed by atoms with Crippen LogP contribution in [0.3, 0.4) is 0 Å². The molecule has 1 aliphatic rings. The molecule has 0 heterocycles. The summed E-state index contributed by atoms with van der Waals surface area (Å²) in [7, 11) is 0. The van der Waals surface area contributed by atoms with E-state index in [-0.39, 0.29) is 5.92 Å². The Morgan fingerprint density at radius 1 is 1.06 bits per heavy atom. The molecule has 0 bridgehead atoms. The van der Waals surface area contributed by atoms with Crippen LogP contribution in [0.1, 0.15) is 51.9 Å². The summed E-state index contributed by atoms with van der Waals surface area (Å²) in [6.07, 6.45) is 6.43. The molecule has 0 aromatic rings. The van der Waals surface area contributed by atoms with E-state index in [0.29, 0.717) is 30.6 Å². The second kappa shape index (κ2) is 7.73. The number of hydrogen-bond acceptors (Lipinski definition) is 3. The second-order valence-electron chi connectivity index (χ2n) is 5.41. The van der Waals surface area contributed by atoms with Crippen LogP contribution in [0.2, 0.25) is 0 Å². The Kier molecular flexibility index (Phi) is 6.24. The minimum atomic E-state index is 0.0885. The third-order valence-corrected chi connectivity index (χ3v) is 4.29. The highest BCUT2D eigenvalue weighted by molar-refractivity contribution is 4.93. The third-order valence-electron chi connectivity index (χ3n) is 4.29. The maximum Gasteiger partial charge on any atom is 0.0655 e. The van der Waals surface area contributed by atoms with Crippen molar-refractivity contribution in [2.75, 3.05) is 0 Å². The van der Waals surface area contributed by atoms with Gasteiger partial charge in [-0.25, -0.2) is 0 Å². The monoisotopic (exact) mass is 243 g/mol. The molecular weight excluding hydrogens is 222 g/mol. The molecule has 1 saturated carbocycles. The first-order chi connectivity index (χ1) is 8.72. The molecule has 0 aromatic heterocycles. The highest BCUT2D eigenvalue weighted by atomic mass is 14.4. The molecule has 1 fully saturated rings. The van der Waals surface area contributed by atoms with Gasteiger partial charge < -0.3 is 0 Å². The van der Waals surface area contributed by atoms with Crippen molar-refractivity contribution in [2.24, 2.45) is 23.7 Å². The lowest BCUT2D eigenvalue weighted by atomic mass is 9.67. The Morgan fingerprint density at radius 2 is 1.72 bits per heavy atom. The zero-order valence-corrected chi connectivity index (χ0v) is 11.1. The van der Waals surface area contributed by atoms with Crippen LogP contribution in [-0.2, 0) is 0 Å². The van der Waals surface area contributed by atoms with E-state index < -0.39 is 0 Å². The number of nitrogens with zero attached hydrogens (tertiary/aromatic N) is 3. The molecule has 96 valence electrons. The van der Waals surface area contributed by atoms with E-state index in [1.54, 1.807) is 0 Å². The molecule has 0 N–H and O–H groups in total. The lowest BCUT2D eigenvalue weighted by molar-refractivity contribution is 0.139. The van der Waals surface area contributed by atoms with Crippen LogP contribution >= 0.6 is 0 Å². The van der Waals surface area contributed by atoms with Crippen LogP contribution in [0, 0.1) is 57.7 Å². The van der Waals surface area contributed by atoms with Crippen molar-refractivity contribution in [3.63, 3.8) is 0 Å². The highest BCUT2D eigenvalue weighted by Crippen LogP contribution is 2.41. The third kappa shape index (κ3) is 4.05. The van der Waals surface area contributed by atoms with Crippen molar-refractivity contribution >= 4 is 0 Å². The van der Waals surface area contributed by atoms with E-state index in [1.807, 2.05) is 6.92 Å². The summed E-state index contributed by atoms with van der Waals surface area (Å²) in [5, 5.41) is 26.5. The molecular formula is C15H21N3. The summed E-state index contributed by atoms with van der Waals surface area (Å²) in [6.45, 7) is 2.00. The van der Waals surface area contributed by atoms with Crippen molar-refractivity contribution < 1.29 is 0 Å². The topological polar surface area (TPSA) is 71.4 Å². The van der Waals surface area contributed by atoms with Crippen LogP contribution in [0.5, 0.6) is 0 Å². The molecule has 1 rings (SSSR count). The maximum atomic E-state index is 9.08. The zero-order chi connectivity index (χ0) is 13.4. The van der Waals surface area contributed by atoms with Gasteiger partial charge in [0, 0.05) is 18.8 Å². The molecule has 0 amide bonds. The van der Waals surface area contributed by atoms with E-state index in [1.165, 1.54) is 0 Å². The normalized spacial score (nSPS) is 28.7. The van der Waals surface area contributed by atoms with Crippen LogP contribution in [0.15, 0.2) is 0 Å². The van der Waals surface area contributed by atoms with E-state index in [4.69, 9.17) is 15.8 Å². The Balaban J connectivity index is 2.59. The summed E-state index contributed by atoms with van der Waals surface area (Å²) in [5.41, 5.74) is 0. The minimum Gasteiger partial charge on any atom is -0.198 e. The van der Waals surface area contributed by atoms with Crippen molar-refractivity contribution in [1.82, 2.24) is 0 Å². The van der Waals surface area contributed by atoms with E-state index >= 15 is 0 Å². The SMILES string of the molecule is CC(C#N)C1CCC(CCC#N)CC1CCC#N. The van der Waals surface area contributed by atoms with Crippen LogP contribution in [-0.4, -0.2) is 0 Å². The van der Waals surface area contributed by atoms with Gasteiger partial charge >= 0.3 is 0 Å². The zero-order valence-electron chi connectivity index (χ0n) is 11.1. The van der Waals surface area contributed by atoms with Gasteiger partial charge in [0.1, 0.15) is 0 Å². The van der Waals surface area contributed by atoms with Gasteiger partial charge in [0.05, 0.1) is 18.2 Å². The average molecular weight is 243 g/mol. The van der Waals surface area contributed by atoms with E-state index in [9.17, 15) is 0 Å². The first kappa shape index (κ1) is 14.5. The summed E-state index contributed by atoms with van der Waals surface area (Å²) >= 11 is 0. The number of nitriles is 3. The highest BCUT2D eigenvalue weighted by Gasteiger charge is 2.33. The Bertz CT molecular complexity index is 369. The molecule has 4 unspecified atom stereocenters. The molecule has 18 heavy (non-hydrogen) atoms. The Labute approximate surface area is 110 Å². The van der Waals surface area contributed by atoms with Gasteiger partial charge in [-0.1, -0.05) is 6.42 Å². The smallest absolute Gasteiger partial charge is 0.0655 e. The predicted octanol–water partition coefficient (Wildman–Crippen LogP) is 3.79. The quantitative estimate of drug-likeness (QED) is 0.737. The molecule has 0 saturated heterocycles. The Morgan fingerprint density at radius 3 is 2.33 bits per heavy atom. The van der Waals surface area contributed by atoms with Gasteiger partial charge in [-0.2, -0.15) is 15.8 Å². The summed E-state index contributed by atoms with van der Waals surface area (Å²) < 4.78 is 0. The summed E-state index contributed by atoms with van der Waals surface area (Å²) in [4.78, 5) is 0. The van der Waals surface area contributed by atoms with Gasteiger partial charge in [-0.3, -0.25) is 0 Å². The summed E-state index contributed by atoms with van der Waals surface area (Å²) in [5.74, 6) is 1.65. The average Bonchev–Trinajstić information content (AvgIpc) is 2.42. The van der Waals surface area contributed by atoms with Crippen LogP contribution in [0.4, 0.5) is 0 Å². The van der Waals surface area contributed by atoms with E-state index in [2.05, 4.69) is 18.2 Å². The standard InChI is InChI=1S/C15H21N3/c1-12(11-18)15-7-6-13(4-2-8-16)10-14(15)5-3-9-17/h12-15H,2-7,10H2,1H3.